The first kappa shape index (κ1) is 16.3. The summed E-state index contributed by atoms with van der Waals surface area (Å²) in [6.07, 6.45) is 2.06. The standard InChI is InChI=1S/C14H20N2O2.C2H6/c1-15-14(17)16-9-7-12(8-10-16)11-3-5-13(18-2)6-4-11;1-2/h3-6,12H,7-10H2,1-2H3,(H,15,17);1-2H3. The number of piperidine rings is 1. The molecule has 0 radical (unpaired) electrons. The van der Waals surface area contributed by atoms with Crippen molar-refractivity contribution in [3.05, 3.63) is 29.8 Å². The number of urea groups is 1. The molecule has 112 valence electrons. The van der Waals surface area contributed by atoms with Gasteiger partial charge in [0.25, 0.3) is 0 Å². The Kier molecular flexibility index (Phi) is 6.91. The number of methoxy groups -OCH3 is 1. The topological polar surface area (TPSA) is 41.6 Å². The fourth-order valence-electron chi connectivity index (χ4n) is 2.45. The third kappa shape index (κ3) is 4.15. The number of nitrogens with zero attached hydrogens (tertiary/aromatic N) is 1. The Morgan fingerprint density at radius 1 is 1.20 bits per heavy atom. The minimum absolute atomic E-state index is 0.0307. The largest absolute Gasteiger partial charge is 0.497 e. The summed E-state index contributed by atoms with van der Waals surface area (Å²) in [5, 5.41) is 2.67. The van der Waals surface area contributed by atoms with Gasteiger partial charge in [-0.2, -0.15) is 0 Å². The minimum Gasteiger partial charge on any atom is -0.497 e. The predicted octanol–water partition coefficient (Wildman–Crippen LogP) is 3.24. The maximum atomic E-state index is 11.5. The maximum absolute atomic E-state index is 11.5. The molecular weight excluding hydrogens is 252 g/mol. The molecule has 1 fully saturated rings. The van der Waals surface area contributed by atoms with Gasteiger partial charge < -0.3 is 15.0 Å². The SMILES string of the molecule is CC.CNC(=O)N1CCC(c2ccc(OC)cc2)CC1. The van der Waals surface area contributed by atoms with E-state index in [4.69, 9.17) is 4.74 Å². The number of hydrogen-bond donors (Lipinski definition) is 1. The molecule has 1 aromatic rings. The van der Waals surface area contributed by atoms with Gasteiger partial charge in [-0.1, -0.05) is 26.0 Å². The van der Waals surface area contributed by atoms with E-state index in [9.17, 15) is 4.79 Å². The number of carbonyl (C=O) groups is 1. The lowest BCUT2D eigenvalue weighted by Gasteiger charge is -2.31. The molecule has 20 heavy (non-hydrogen) atoms. The van der Waals surface area contributed by atoms with E-state index in [1.807, 2.05) is 30.9 Å². The number of rotatable bonds is 2. The predicted molar refractivity (Wildman–Crippen MR) is 82.3 cm³/mol. The molecular formula is C16H26N2O2. The van der Waals surface area contributed by atoms with Crippen molar-refractivity contribution >= 4 is 6.03 Å². The van der Waals surface area contributed by atoms with E-state index in [1.54, 1.807) is 14.2 Å². The monoisotopic (exact) mass is 278 g/mol. The molecule has 2 rings (SSSR count). The summed E-state index contributed by atoms with van der Waals surface area (Å²) in [5.74, 6) is 1.44. The van der Waals surface area contributed by atoms with E-state index in [0.29, 0.717) is 5.92 Å². The van der Waals surface area contributed by atoms with Gasteiger partial charge in [-0.25, -0.2) is 4.79 Å². The van der Waals surface area contributed by atoms with Crippen LogP contribution in [-0.2, 0) is 0 Å². The van der Waals surface area contributed by atoms with E-state index >= 15 is 0 Å². The van der Waals surface area contributed by atoms with E-state index in [1.165, 1.54) is 5.56 Å². The average molecular weight is 278 g/mol. The number of likely N-dealkylation sites (tertiary alicyclic amines) is 1. The molecule has 1 saturated heterocycles. The normalized spacial score (nSPS) is 15.1. The van der Waals surface area contributed by atoms with Crippen LogP contribution in [0.5, 0.6) is 5.75 Å². The Balaban J connectivity index is 0.000000956. The lowest BCUT2D eigenvalue weighted by molar-refractivity contribution is 0.183. The maximum Gasteiger partial charge on any atom is 0.317 e. The van der Waals surface area contributed by atoms with Crippen molar-refractivity contribution in [2.45, 2.75) is 32.6 Å². The molecule has 4 nitrogen and oxygen atoms in total. The first-order valence-electron chi connectivity index (χ1n) is 7.35. The van der Waals surface area contributed by atoms with Crippen LogP contribution in [0.1, 0.15) is 38.2 Å². The van der Waals surface area contributed by atoms with Crippen LogP contribution in [0, 0.1) is 0 Å². The highest BCUT2D eigenvalue weighted by Gasteiger charge is 2.22. The van der Waals surface area contributed by atoms with Gasteiger partial charge in [0.15, 0.2) is 0 Å². The Morgan fingerprint density at radius 2 is 1.75 bits per heavy atom. The fraction of sp³-hybridized carbons (Fsp3) is 0.562. The highest BCUT2D eigenvalue weighted by molar-refractivity contribution is 5.73. The Morgan fingerprint density at radius 3 is 2.20 bits per heavy atom. The summed E-state index contributed by atoms with van der Waals surface area (Å²) >= 11 is 0. The molecule has 1 aliphatic heterocycles. The van der Waals surface area contributed by atoms with Crippen molar-refractivity contribution in [1.82, 2.24) is 10.2 Å². The van der Waals surface area contributed by atoms with Crippen LogP contribution in [-0.4, -0.2) is 38.2 Å². The van der Waals surface area contributed by atoms with Crippen LogP contribution in [0.25, 0.3) is 0 Å². The molecule has 0 spiro atoms. The van der Waals surface area contributed by atoms with Gasteiger partial charge in [-0.15, -0.1) is 0 Å². The summed E-state index contributed by atoms with van der Waals surface area (Å²) < 4.78 is 5.16. The van der Waals surface area contributed by atoms with Crippen molar-refractivity contribution in [2.75, 3.05) is 27.2 Å². The Hall–Kier alpha value is -1.71. The van der Waals surface area contributed by atoms with Crippen LogP contribution < -0.4 is 10.1 Å². The molecule has 1 heterocycles. The first-order chi connectivity index (χ1) is 9.74. The summed E-state index contributed by atoms with van der Waals surface area (Å²) in [4.78, 5) is 13.4. The van der Waals surface area contributed by atoms with Gasteiger partial charge >= 0.3 is 6.03 Å². The van der Waals surface area contributed by atoms with Gasteiger partial charge in [0.05, 0.1) is 7.11 Å². The molecule has 1 aliphatic rings. The zero-order valence-electron chi connectivity index (χ0n) is 13.0. The van der Waals surface area contributed by atoms with Crippen molar-refractivity contribution in [2.24, 2.45) is 0 Å². The number of hydrogen-bond acceptors (Lipinski definition) is 2. The summed E-state index contributed by atoms with van der Waals surface area (Å²) in [5.41, 5.74) is 1.34. The zero-order valence-corrected chi connectivity index (χ0v) is 13.0. The van der Waals surface area contributed by atoms with E-state index in [-0.39, 0.29) is 6.03 Å². The van der Waals surface area contributed by atoms with Crippen molar-refractivity contribution < 1.29 is 9.53 Å². The molecule has 0 saturated carbocycles. The highest BCUT2D eigenvalue weighted by atomic mass is 16.5. The van der Waals surface area contributed by atoms with Crippen molar-refractivity contribution in [1.29, 1.82) is 0 Å². The van der Waals surface area contributed by atoms with Crippen LogP contribution in [0.15, 0.2) is 24.3 Å². The van der Waals surface area contributed by atoms with Gasteiger partial charge in [-0.3, -0.25) is 0 Å². The second kappa shape index (κ2) is 8.46. The molecule has 0 unspecified atom stereocenters. The second-order valence-electron chi connectivity index (χ2n) is 4.59. The number of amides is 2. The molecule has 0 aromatic heterocycles. The van der Waals surface area contributed by atoms with Gasteiger partial charge in [-0.05, 0) is 36.5 Å². The Labute approximate surface area is 122 Å². The van der Waals surface area contributed by atoms with Gasteiger partial charge in [0.1, 0.15) is 5.75 Å². The van der Waals surface area contributed by atoms with Crippen LogP contribution in [0.2, 0.25) is 0 Å². The average Bonchev–Trinajstić information content (AvgIpc) is 2.56. The Bertz CT molecular complexity index is 395. The molecule has 2 amide bonds. The van der Waals surface area contributed by atoms with Crippen molar-refractivity contribution in [3.8, 4) is 5.75 Å². The van der Waals surface area contributed by atoms with Gasteiger partial charge in [0, 0.05) is 20.1 Å². The van der Waals surface area contributed by atoms with E-state index in [2.05, 4.69) is 17.4 Å². The molecule has 0 bridgehead atoms. The highest BCUT2D eigenvalue weighted by Crippen LogP contribution is 2.29. The minimum atomic E-state index is 0.0307. The molecule has 1 aromatic carbocycles. The number of carbonyl (C=O) groups excluding carboxylic acids is 1. The number of ether oxygens (including phenoxy) is 1. The van der Waals surface area contributed by atoms with Crippen LogP contribution in [0.3, 0.4) is 0 Å². The van der Waals surface area contributed by atoms with Crippen LogP contribution in [0.4, 0.5) is 4.79 Å². The molecule has 4 heteroatoms. The molecule has 0 aliphatic carbocycles. The quantitative estimate of drug-likeness (QED) is 0.902. The second-order valence-corrected chi connectivity index (χ2v) is 4.59. The first-order valence-corrected chi connectivity index (χ1v) is 7.35. The van der Waals surface area contributed by atoms with E-state index in [0.717, 1.165) is 31.7 Å². The van der Waals surface area contributed by atoms with E-state index < -0.39 is 0 Å². The number of benzene rings is 1. The van der Waals surface area contributed by atoms with Gasteiger partial charge in [0.2, 0.25) is 0 Å². The summed E-state index contributed by atoms with van der Waals surface area (Å²) in [6.45, 7) is 5.66. The smallest absolute Gasteiger partial charge is 0.317 e. The van der Waals surface area contributed by atoms with Crippen molar-refractivity contribution in [3.63, 3.8) is 0 Å². The number of nitrogens with one attached hydrogen (secondary N) is 1. The third-order valence-corrected chi connectivity index (χ3v) is 3.58. The molecule has 0 atom stereocenters. The van der Waals surface area contributed by atoms with Crippen LogP contribution >= 0.6 is 0 Å². The molecule has 1 N–H and O–H groups in total. The summed E-state index contributed by atoms with van der Waals surface area (Å²) in [6, 6.07) is 8.28. The summed E-state index contributed by atoms with van der Waals surface area (Å²) in [7, 11) is 3.36. The lowest BCUT2D eigenvalue weighted by Crippen LogP contribution is -2.42. The fourth-order valence-corrected chi connectivity index (χ4v) is 2.45. The lowest BCUT2D eigenvalue weighted by atomic mass is 9.89. The third-order valence-electron chi connectivity index (χ3n) is 3.58. The zero-order chi connectivity index (χ0) is 15.0.